The maximum absolute atomic E-state index is 6.15. The Labute approximate surface area is 188 Å². The summed E-state index contributed by atoms with van der Waals surface area (Å²) in [4.78, 5) is 9.35. The number of hydrogen-bond donors (Lipinski definition) is 1. The van der Waals surface area contributed by atoms with Gasteiger partial charge >= 0.3 is 0 Å². The zero-order chi connectivity index (χ0) is 21.8. The predicted molar refractivity (Wildman–Crippen MR) is 120 cm³/mol. The Hall–Kier alpha value is -2.58. The standard InChI is InChI=1S/C24H31N3O5/c1-16-2-5-18(6-3-16)26-24-25-13-20(17-4-7-21-22(12-17)31-11-10-30-21)23(27-24)32-15-19-14-28-8-9-29-19/h4,7,12-13,16,18-19H,2-3,5-6,8-11,14-15H2,1H3,(H,25,26,27)/t16-,18+,19-/m1/s1. The van der Waals surface area contributed by atoms with Crippen molar-refractivity contribution in [2.75, 3.05) is 45.0 Å². The van der Waals surface area contributed by atoms with Gasteiger partial charge in [-0.15, -0.1) is 0 Å². The summed E-state index contributed by atoms with van der Waals surface area (Å²) in [5.74, 6) is 3.39. The van der Waals surface area contributed by atoms with Gasteiger partial charge in [0.25, 0.3) is 0 Å². The lowest BCUT2D eigenvalue weighted by Gasteiger charge is -2.27. The van der Waals surface area contributed by atoms with Crippen molar-refractivity contribution in [2.24, 2.45) is 5.92 Å². The lowest BCUT2D eigenvalue weighted by Crippen LogP contribution is -2.33. The van der Waals surface area contributed by atoms with Crippen LogP contribution in [0.3, 0.4) is 0 Å². The number of aromatic nitrogens is 2. The molecule has 1 N–H and O–H groups in total. The number of fused-ring (bicyclic) bond motifs is 1. The molecule has 1 aromatic carbocycles. The number of ether oxygens (including phenoxy) is 5. The van der Waals surface area contributed by atoms with Crippen molar-refractivity contribution in [1.82, 2.24) is 9.97 Å². The summed E-state index contributed by atoms with van der Waals surface area (Å²) >= 11 is 0. The smallest absolute Gasteiger partial charge is 0.226 e. The predicted octanol–water partition coefficient (Wildman–Crippen LogP) is 3.70. The molecule has 1 atom stereocenters. The van der Waals surface area contributed by atoms with Gasteiger partial charge in [-0.05, 0) is 49.3 Å². The number of anilines is 1. The van der Waals surface area contributed by atoms with Crippen LogP contribution < -0.4 is 19.5 Å². The van der Waals surface area contributed by atoms with Gasteiger partial charge in [-0.1, -0.05) is 13.0 Å². The van der Waals surface area contributed by atoms with Gasteiger partial charge in [0.1, 0.15) is 25.9 Å². The molecule has 3 heterocycles. The van der Waals surface area contributed by atoms with Gasteiger partial charge in [-0.25, -0.2) is 4.98 Å². The highest BCUT2D eigenvalue weighted by atomic mass is 16.6. The SMILES string of the molecule is C[C@H]1CC[C@@H](Nc2ncc(-c3ccc4c(c3)OCCO4)c(OC[C@H]3COCCO3)n2)CC1. The zero-order valence-electron chi connectivity index (χ0n) is 18.5. The van der Waals surface area contributed by atoms with Crippen LogP contribution in [-0.4, -0.2) is 61.8 Å². The number of rotatable bonds is 6. The molecular formula is C24H31N3O5. The molecule has 0 radical (unpaired) electrons. The lowest BCUT2D eigenvalue weighted by molar-refractivity contribution is -0.101. The summed E-state index contributed by atoms with van der Waals surface area (Å²) in [6, 6.07) is 6.25. The highest BCUT2D eigenvalue weighted by Gasteiger charge is 2.22. The summed E-state index contributed by atoms with van der Waals surface area (Å²) in [5.41, 5.74) is 1.73. The molecular weight excluding hydrogens is 410 g/mol. The molecule has 2 fully saturated rings. The van der Waals surface area contributed by atoms with E-state index in [2.05, 4.69) is 17.2 Å². The second kappa shape index (κ2) is 9.92. The normalized spacial score (nSPS) is 25.2. The number of nitrogens with zero attached hydrogens (tertiary/aromatic N) is 2. The second-order valence-corrected chi connectivity index (χ2v) is 8.75. The van der Waals surface area contributed by atoms with Crippen LogP contribution in [-0.2, 0) is 9.47 Å². The Kier molecular flexibility index (Phi) is 6.59. The van der Waals surface area contributed by atoms with Gasteiger partial charge in [0.2, 0.25) is 11.8 Å². The summed E-state index contributed by atoms with van der Waals surface area (Å²) in [6.07, 6.45) is 6.45. The summed E-state index contributed by atoms with van der Waals surface area (Å²) in [6.45, 7) is 5.52. The van der Waals surface area contributed by atoms with Crippen LogP contribution in [0.1, 0.15) is 32.6 Å². The van der Waals surface area contributed by atoms with E-state index in [-0.39, 0.29) is 6.10 Å². The largest absolute Gasteiger partial charge is 0.486 e. The average molecular weight is 442 g/mol. The van der Waals surface area contributed by atoms with Crippen molar-refractivity contribution < 1.29 is 23.7 Å². The molecule has 172 valence electrons. The minimum Gasteiger partial charge on any atom is -0.486 e. The lowest BCUT2D eigenvalue weighted by atomic mass is 9.87. The Morgan fingerprint density at radius 3 is 2.69 bits per heavy atom. The molecule has 32 heavy (non-hydrogen) atoms. The number of nitrogens with one attached hydrogen (secondary N) is 1. The van der Waals surface area contributed by atoms with Crippen molar-refractivity contribution in [2.45, 2.75) is 44.8 Å². The molecule has 0 amide bonds. The maximum Gasteiger partial charge on any atom is 0.226 e. The van der Waals surface area contributed by atoms with Crippen molar-refractivity contribution in [3.05, 3.63) is 24.4 Å². The van der Waals surface area contributed by atoms with Gasteiger partial charge in [-0.2, -0.15) is 4.98 Å². The molecule has 2 aliphatic heterocycles. The third-order valence-corrected chi connectivity index (χ3v) is 6.25. The molecule has 0 spiro atoms. The molecule has 0 unspecified atom stereocenters. The Morgan fingerprint density at radius 1 is 1.03 bits per heavy atom. The second-order valence-electron chi connectivity index (χ2n) is 8.75. The molecule has 8 heteroatoms. The average Bonchev–Trinajstić information content (AvgIpc) is 2.85. The number of benzene rings is 1. The van der Waals surface area contributed by atoms with Gasteiger partial charge < -0.3 is 29.0 Å². The third kappa shape index (κ3) is 5.07. The van der Waals surface area contributed by atoms with E-state index in [1.807, 2.05) is 24.4 Å². The minimum absolute atomic E-state index is 0.108. The fourth-order valence-electron chi connectivity index (χ4n) is 4.35. The van der Waals surface area contributed by atoms with Crippen molar-refractivity contribution in [1.29, 1.82) is 0 Å². The fourth-order valence-corrected chi connectivity index (χ4v) is 4.35. The van der Waals surface area contributed by atoms with Crippen LogP contribution in [0.4, 0.5) is 5.95 Å². The van der Waals surface area contributed by atoms with Crippen LogP contribution in [0.2, 0.25) is 0 Å². The van der Waals surface area contributed by atoms with E-state index < -0.39 is 0 Å². The van der Waals surface area contributed by atoms with Gasteiger partial charge in [-0.3, -0.25) is 0 Å². The zero-order valence-corrected chi connectivity index (χ0v) is 18.5. The van der Waals surface area contributed by atoms with E-state index in [0.29, 0.717) is 57.5 Å². The topological polar surface area (TPSA) is 84.0 Å². The maximum atomic E-state index is 6.15. The van der Waals surface area contributed by atoms with Gasteiger partial charge in [0.15, 0.2) is 11.5 Å². The molecule has 3 aliphatic rings. The highest BCUT2D eigenvalue weighted by molar-refractivity contribution is 5.71. The van der Waals surface area contributed by atoms with Crippen LogP contribution in [0.15, 0.2) is 24.4 Å². The molecule has 1 aliphatic carbocycles. The number of hydrogen-bond acceptors (Lipinski definition) is 8. The molecule has 2 aromatic rings. The van der Waals surface area contributed by atoms with E-state index in [4.69, 9.17) is 28.7 Å². The first-order chi connectivity index (χ1) is 15.7. The fraction of sp³-hybridized carbons (Fsp3) is 0.583. The van der Waals surface area contributed by atoms with Gasteiger partial charge in [0.05, 0.1) is 25.4 Å². The van der Waals surface area contributed by atoms with Crippen LogP contribution in [0, 0.1) is 5.92 Å². The Balaban J connectivity index is 1.38. The van der Waals surface area contributed by atoms with E-state index in [1.54, 1.807) is 0 Å². The summed E-state index contributed by atoms with van der Waals surface area (Å²) in [5, 5.41) is 3.51. The Morgan fingerprint density at radius 2 is 1.88 bits per heavy atom. The monoisotopic (exact) mass is 441 g/mol. The summed E-state index contributed by atoms with van der Waals surface area (Å²) in [7, 11) is 0. The van der Waals surface area contributed by atoms with Crippen molar-refractivity contribution in [3.8, 4) is 28.5 Å². The molecule has 1 saturated heterocycles. The van der Waals surface area contributed by atoms with Gasteiger partial charge in [0, 0.05) is 12.2 Å². The Bertz CT molecular complexity index is 911. The molecule has 0 bridgehead atoms. The first-order valence-corrected chi connectivity index (χ1v) is 11.6. The van der Waals surface area contributed by atoms with Crippen molar-refractivity contribution >= 4 is 5.95 Å². The minimum atomic E-state index is -0.108. The highest BCUT2D eigenvalue weighted by Crippen LogP contribution is 2.37. The molecule has 8 nitrogen and oxygen atoms in total. The quantitative estimate of drug-likeness (QED) is 0.727. The molecule has 1 aromatic heterocycles. The third-order valence-electron chi connectivity index (χ3n) is 6.25. The molecule has 1 saturated carbocycles. The molecule has 5 rings (SSSR count). The van der Waals surface area contributed by atoms with Crippen LogP contribution in [0.25, 0.3) is 11.1 Å². The summed E-state index contributed by atoms with van der Waals surface area (Å²) < 4.78 is 28.8. The van der Waals surface area contributed by atoms with Crippen molar-refractivity contribution in [3.63, 3.8) is 0 Å². The van der Waals surface area contributed by atoms with E-state index in [9.17, 15) is 0 Å². The first kappa shape index (κ1) is 21.3. The first-order valence-electron chi connectivity index (χ1n) is 11.6. The van der Waals surface area contributed by atoms with E-state index in [0.717, 1.165) is 41.4 Å². The van der Waals surface area contributed by atoms with Crippen LogP contribution in [0.5, 0.6) is 17.4 Å². The van der Waals surface area contributed by atoms with Crippen LogP contribution >= 0.6 is 0 Å². The van der Waals surface area contributed by atoms with E-state index >= 15 is 0 Å². The van der Waals surface area contributed by atoms with E-state index in [1.165, 1.54) is 12.8 Å².